The summed E-state index contributed by atoms with van der Waals surface area (Å²) in [6.45, 7) is 3.63. The number of amides is 1. The smallest absolute Gasteiger partial charge is 0.330 e. The van der Waals surface area contributed by atoms with Crippen LogP contribution in [0.15, 0.2) is 18.2 Å². The Kier molecular flexibility index (Phi) is 5.64. The van der Waals surface area contributed by atoms with Gasteiger partial charge in [0.1, 0.15) is 5.75 Å². The fourth-order valence-corrected chi connectivity index (χ4v) is 4.85. The summed E-state index contributed by atoms with van der Waals surface area (Å²) in [7, 11) is -3.54. The molecule has 1 fully saturated rings. The van der Waals surface area contributed by atoms with E-state index in [-0.39, 0.29) is 0 Å². The molecule has 1 saturated carbocycles. The van der Waals surface area contributed by atoms with Crippen LogP contribution in [-0.2, 0) is 19.4 Å². The van der Waals surface area contributed by atoms with Gasteiger partial charge in [0.15, 0.2) is 15.9 Å². The van der Waals surface area contributed by atoms with E-state index in [0.29, 0.717) is 18.4 Å². The van der Waals surface area contributed by atoms with Gasteiger partial charge in [-0.3, -0.25) is 4.79 Å². The van der Waals surface area contributed by atoms with E-state index in [0.717, 1.165) is 24.0 Å². The SMILES string of the molecule is Cc1cccc(C(NC(=O)CS(=O)(=O)C2CCCC2)C(=O)O)c1C. The van der Waals surface area contributed by atoms with E-state index in [1.165, 1.54) is 0 Å². The summed E-state index contributed by atoms with van der Waals surface area (Å²) in [5, 5.41) is 11.3. The van der Waals surface area contributed by atoms with Crippen LogP contribution < -0.4 is 5.32 Å². The zero-order chi connectivity index (χ0) is 17.9. The third-order valence-electron chi connectivity index (χ3n) is 4.65. The van der Waals surface area contributed by atoms with Crippen molar-refractivity contribution in [3.8, 4) is 0 Å². The Morgan fingerprint density at radius 2 is 1.88 bits per heavy atom. The van der Waals surface area contributed by atoms with Crippen molar-refractivity contribution in [2.45, 2.75) is 50.8 Å². The summed E-state index contributed by atoms with van der Waals surface area (Å²) in [5.74, 6) is -2.64. The van der Waals surface area contributed by atoms with Crippen molar-refractivity contribution < 1.29 is 23.1 Å². The maximum atomic E-state index is 12.2. The molecule has 7 heteroatoms. The van der Waals surface area contributed by atoms with Crippen molar-refractivity contribution in [1.29, 1.82) is 0 Å². The van der Waals surface area contributed by atoms with Crippen molar-refractivity contribution in [2.75, 3.05) is 5.75 Å². The fraction of sp³-hybridized carbons (Fsp3) is 0.529. The lowest BCUT2D eigenvalue weighted by Gasteiger charge is -2.19. The highest BCUT2D eigenvalue weighted by atomic mass is 32.2. The predicted octanol–water partition coefficient (Wildman–Crippen LogP) is 1.90. The second-order valence-corrected chi connectivity index (χ2v) is 8.62. The topological polar surface area (TPSA) is 101 Å². The van der Waals surface area contributed by atoms with Gasteiger partial charge >= 0.3 is 5.97 Å². The first-order chi connectivity index (χ1) is 11.2. The highest BCUT2D eigenvalue weighted by Crippen LogP contribution is 2.25. The maximum absolute atomic E-state index is 12.2. The highest BCUT2D eigenvalue weighted by Gasteiger charge is 2.32. The summed E-state index contributed by atoms with van der Waals surface area (Å²) in [4.78, 5) is 23.7. The Bertz CT molecular complexity index is 735. The quantitative estimate of drug-likeness (QED) is 0.813. The summed E-state index contributed by atoms with van der Waals surface area (Å²) in [5.41, 5.74) is 2.14. The Morgan fingerprint density at radius 3 is 2.46 bits per heavy atom. The van der Waals surface area contributed by atoms with Crippen LogP contribution in [0.3, 0.4) is 0 Å². The average Bonchev–Trinajstić information content (AvgIpc) is 3.02. The van der Waals surface area contributed by atoms with Gasteiger partial charge in [-0.25, -0.2) is 13.2 Å². The molecule has 0 heterocycles. The van der Waals surface area contributed by atoms with Crippen molar-refractivity contribution in [2.24, 2.45) is 0 Å². The molecule has 0 bridgehead atoms. The minimum absolute atomic E-state index is 0.467. The first-order valence-corrected chi connectivity index (χ1v) is 9.74. The molecule has 6 nitrogen and oxygen atoms in total. The van der Waals surface area contributed by atoms with Crippen LogP contribution in [0.25, 0.3) is 0 Å². The number of carbonyl (C=O) groups excluding carboxylic acids is 1. The average molecular weight is 353 g/mol. The van der Waals surface area contributed by atoms with Crippen molar-refractivity contribution in [1.82, 2.24) is 5.32 Å². The first-order valence-electron chi connectivity index (χ1n) is 8.02. The number of nitrogens with one attached hydrogen (secondary N) is 1. The molecule has 0 saturated heterocycles. The van der Waals surface area contributed by atoms with E-state index in [4.69, 9.17) is 0 Å². The number of benzene rings is 1. The lowest BCUT2D eigenvalue weighted by atomic mass is 9.97. The minimum Gasteiger partial charge on any atom is -0.479 e. The normalized spacial score (nSPS) is 16.8. The van der Waals surface area contributed by atoms with Gasteiger partial charge < -0.3 is 10.4 Å². The standard InChI is InChI=1S/C17H23NO5S/c1-11-6-5-9-14(12(11)2)16(17(20)21)18-15(19)10-24(22,23)13-7-3-4-8-13/h5-6,9,13,16H,3-4,7-8,10H2,1-2H3,(H,18,19)(H,20,21). The van der Waals surface area contributed by atoms with Crippen molar-refractivity contribution >= 4 is 21.7 Å². The molecule has 1 aliphatic rings. The van der Waals surface area contributed by atoms with E-state index >= 15 is 0 Å². The second kappa shape index (κ2) is 7.34. The van der Waals surface area contributed by atoms with Crippen LogP contribution in [0.4, 0.5) is 0 Å². The lowest BCUT2D eigenvalue weighted by Crippen LogP contribution is -2.39. The van der Waals surface area contributed by atoms with Crippen LogP contribution in [-0.4, -0.2) is 36.4 Å². The molecule has 1 atom stereocenters. The molecule has 0 aromatic heterocycles. The molecule has 0 radical (unpaired) electrons. The Hall–Kier alpha value is -1.89. The molecular weight excluding hydrogens is 330 g/mol. The zero-order valence-electron chi connectivity index (χ0n) is 13.9. The number of sulfone groups is 1. The Labute approximate surface area is 142 Å². The molecule has 0 spiro atoms. The number of hydrogen-bond donors (Lipinski definition) is 2. The lowest BCUT2D eigenvalue weighted by molar-refractivity contribution is -0.141. The molecule has 24 heavy (non-hydrogen) atoms. The van der Waals surface area contributed by atoms with Gasteiger partial charge in [-0.2, -0.15) is 0 Å². The summed E-state index contributed by atoms with van der Waals surface area (Å²) < 4.78 is 24.5. The first kappa shape index (κ1) is 18.4. The van der Waals surface area contributed by atoms with Crippen LogP contribution in [0.1, 0.15) is 48.4 Å². The number of aliphatic carboxylic acids is 1. The van der Waals surface area contributed by atoms with Crippen LogP contribution in [0, 0.1) is 13.8 Å². The van der Waals surface area contributed by atoms with Gasteiger partial charge in [-0.05, 0) is 43.4 Å². The number of hydrogen-bond acceptors (Lipinski definition) is 4. The fourth-order valence-electron chi connectivity index (χ4n) is 3.11. The molecule has 2 rings (SSSR count). The monoisotopic (exact) mass is 353 g/mol. The van der Waals surface area contributed by atoms with Gasteiger partial charge in [-0.15, -0.1) is 0 Å². The molecule has 1 aromatic carbocycles. The van der Waals surface area contributed by atoms with Crippen LogP contribution >= 0.6 is 0 Å². The molecule has 132 valence electrons. The van der Waals surface area contributed by atoms with E-state index < -0.39 is 38.8 Å². The molecule has 1 aliphatic carbocycles. The van der Waals surface area contributed by atoms with E-state index in [1.54, 1.807) is 19.1 Å². The highest BCUT2D eigenvalue weighted by molar-refractivity contribution is 7.92. The molecule has 1 aromatic rings. The molecule has 2 N–H and O–H groups in total. The summed E-state index contributed by atoms with van der Waals surface area (Å²) >= 11 is 0. The van der Waals surface area contributed by atoms with Gasteiger partial charge in [0.05, 0.1) is 5.25 Å². The number of carboxylic acids is 1. The molecular formula is C17H23NO5S. The van der Waals surface area contributed by atoms with E-state index in [9.17, 15) is 23.1 Å². The maximum Gasteiger partial charge on any atom is 0.330 e. The molecule has 0 aliphatic heterocycles. The van der Waals surface area contributed by atoms with Crippen molar-refractivity contribution in [3.63, 3.8) is 0 Å². The Balaban J connectivity index is 2.14. The third kappa shape index (κ3) is 4.14. The molecule has 1 amide bonds. The van der Waals surface area contributed by atoms with E-state index in [2.05, 4.69) is 5.32 Å². The summed E-state index contributed by atoms with van der Waals surface area (Å²) in [6, 6.07) is 3.95. The van der Waals surface area contributed by atoms with Gasteiger partial charge in [0.2, 0.25) is 5.91 Å². The Morgan fingerprint density at radius 1 is 1.25 bits per heavy atom. The van der Waals surface area contributed by atoms with Gasteiger partial charge in [-0.1, -0.05) is 31.0 Å². The van der Waals surface area contributed by atoms with E-state index in [1.807, 2.05) is 13.0 Å². The number of aryl methyl sites for hydroxylation is 1. The van der Waals surface area contributed by atoms with Gasteiger partial charge in [0, 0.05) is 0 Å². The largest absolute Gasteiger partial charge is 0.479 e. The van der Waals surface area contributed by atoms with Crippen LogP contribution in [0.5, 0.6) is 0 Å². The van der Waals surface area contributed by atoms with Crippen LogP contribution in [0.2, 0.25) is 0 Å². The second-order valence-electron chi connectivity index (χ2n) is 6.34. The van der Waals surface area contributed by atoms with Crippen molar-refractivity contribution in [3.05, 3.63) is 34.9 Å². The minimum atomic E-state index is -3.54. The number of rotatable bonds is 6. The number of carbonyl (C=O) groups is 2. The molecule has 1 unspecified atom stereocenters. The van der Waals surface area contributed by atoms with Gasteiger partial charge in [0.25, 0.3) is 0 Å². The summed E-state index contributed by atoms with van der Waals surface area (Å²) in [6.07, 6.45) is 2.86. The number of carboxylic acid groups (broad SMARTS) is 1. The predicted molar refractivity (Wildman–Crippen MR) is 90.5 cm³/mol. The third-order valence-corrected chi connectivity index (χ3v) is 6.80. The zero-order valence-corrected chi connectivity index (χ0v) is 14.7.